The molecule has 0 aromatic carbocycles. The minimum Gasteiger partial charge on any atom is -0.429 e. The van der Waals surface area contributed by atoms with Gasteiger partial charge in [0, 0.05) is 39.8 Å². The first-order chi connectivity index (χ1) is 3.29. The van der Waals surface area contributed by atoms with Gasteiger partial charge in [-0.25, -0.2) is 5.10 Å². The molecule has 0 unspecified atom stereocenters. The van der Waals surface area contributed by atoms with Crippen molar-refractivity contribution >= 4 is 0 Å². The molecule has 1 radical (unpaired) electrons. The van der Waals surface area contributed by atoms with Crippen molar-refractivity contribution in [2.45, 2.75) is 6.92 Å². The first-order valence-corrected chi connectivity index (χ1v) is 2.17. The molecule has 0 saturated carbocycles. The Morgan fingerprint density at radius 1 is 1.75 bits per heavy atom. The van der Waals surface area contributed by atoms with E-state index in [1.807, 2.05) is 14.0 Å². The molecule has 0 bridgehead atoms. The fourth-order valence-corrected chi connectivity index (χ4v) is 0.481. The van der Waals surface area contributed by atoms with Crippen LogP contribution in [0.25, 0.3) is 0 Å². The largest absolute Gasteiger partial charge is 0.429 e. The molecular formula is C5H7N2Y-. The number of hydrogen-bond donors (Lipinski definition) is 0. The third-order valence-electron chi connectivity index (χ3n) is 0.768. The maximum Gasteiger partial charge on any atom is 0.0262 e. The third kappa shape index (κ3) is 2.06. The van der Waals surface area contributed by atoms with Crippen LogP contribution in [-0.4, -0.2) is 9.78 Å². The molecule has 0 aliphatic carbocycles. The number of aryl methyl sites for hydroxylation is 2. The third-order valence-corrected chi connectivity index (χ3v) is 0.768. The van der Waals surface area contributed by atoms with E-state index >= 15 is 0 Å². The van der Waals surface area contributed by atoms with E-state index in [-0.39, 0.29) is 32.7 Å². The molecule has 1 aromatic heterocycles. The number of aromatic nitrogens is 2. The fraction of sp³-hybridized carbons (Fsp3) is 0.400. The maximum absolute atomic E-state index is 3.97. The number of nitrogens with zero attached hydrogens (tertiary/aromatic N) is 2. The van der Waals surface area contributed by atoms with Gasteiger partial charge < -0.3 is 10.7 Å². The average Bonchev–Trinajstić information content (AvgIpc) is 1.87. The Bertz CT molecular complexity index is 143. The monoisotopic (exact) mass is 184 g/mol. The van der Waals surface area contributed by atoms with E-state index in [9.17, 15) is 0 Å². The quantitative estimate of drug-likeness (QED) is 0.537. The Kier molecular flexibility index (Phi) is 3.49. The predicted molar refractivity (Wildman–Crippen MR) is 26.8 cm³/mol. The van der Waals surface area contributed by atoms with Crippen molar-refractivity contribution in [3.8, 4) is 0 Å². The molecule has 0 N–H and O–H groups in total. The van der Waals surface area contributed by atoms with Crippen molar-refractivity contribution in [1.82, 2.24) is 9.78 Å². The van der Waals surface area contributed by atoms with Gasteiger partial charge >= 0.3 is 0 Å². The van der Waals surface area contributed by atoms with Crippen LogP contribution < -0.4 is 0 Å². The second-order valence-electron chi connectivity index (χ2n) is 1.53. The zero-order chi connectivity index (χ0) is 5.28. The summed E-state index contributed by atoms with van der Waals surface area (Å²) >= 11 is 0. The average molecular weight is 184 g/mol. The summed E-state index contributed by atoms with van der Waals surface area (Å²) in [5.41, 5.74) is 0.947. The Morgan fingerprint density at radius 2 is 2.38 bits per heavy atom. The molecule has 8 heavy (non-hydrogen) atoms. The summed E-state index contributed by atoms with van der Waals surface area (Å²) in [5, 5.41) is 3.97. The van der Waals surface area contributed by atoms with Crippen LogP contribution in [0.4, 0.5) is 0 Å². The summed E-state index contributed by atoms with van der Waals surface area (Å²) in [7, 11) is 1.88. The van der Waals surface area contributed by atoms with Gasteiger partial charge in [0.05, 0.1) is 0 Å². The molecule has 41 valence electrons. The zero-order valence-corrected chi connectivity index (χ0v) is 7.89. The molecule has 1 heterocycles. The number of hydrogen-bond acceptors (Lipinski definition) is 1. The summed E-state index contributed by atoms with van der Waals surface area (Å²) < 4.78 is 1.73. The SMILES string of the molecule is Cc1[c-]cn(C)n1.[Y]. The second-order valence-corrected chi connectivity index (χ2v) is 1.53. The maximum atomic E-state index is 3.97. The van der Waals surface area contributed by atoms with Gasteiger partial charge in [0.2, 0.25) is 0 Å². The van der Waals surface area contributed by atoms with Gasteiger partial charge in [-0.2, -0.15) is 6.20 Å². The van der Waals surface area contributed by atoms with Crippen molar-refractivity contribution in [3.05, 3.63) is 18.0 Å². The zero-order valence-electron chi connectivity index (χ0n) is 5.05. The van der Waals surface area contributed by atoms with Crippen molar-refractivity contribution in [2.24, 2.45) is 7.05 Å². The van der Waals surface area contributed by atoms with Gasteiger partial charge in [-0.1, -0.05) is 6.92 Å². The Balaban J connectivity index is 0.000000490. The van der Waals surface area contributed by atoms with Crippen LogP contribution in [-0.2, 0) is 39.8 Å². The van der Waals surface area contributed by atoms with E-state index in [1.165, 1.54) is 0 Å². The minimum absolute atomic E-state index is 0. The summed E-state index contributed by atoms with van der Waals surface area (Å²) in [5.74, 6) is 0. The first kappa shape index (κ1) is 8.31. The van der Waals surface area contributed by atoms with Crippen molar-refractivity contribution in [3.63, 3.8) is 0 Å². The molecule has 0 atom stereocenters. The summed E-state index contributed by atoms with van der Waals surface area (Å²) in [4.78, 5) is 0. The van der Waals surface area contributed by atoms with E-state index in [1.54, 1.807) is 10.9 Å². The van der Waals surface area contributed by atoms with Crippen LogP contribution in [0.5, 0.6) is 0 Å². The van der Waals surface area contributed by atoms with Crippen molar-refractivity contribution < 1.29 is 32.7 Å². The summed E-state index contributed by atoms with van der Waals surface area (Å²) in [6, 6.07) is 2.92. The standard InChI is InChI=1S/C5H7N2.Y/c1-5-3-4-7(2)6-5;/h4H,1-2H3;/q-1;. The molecule has 0 aliphatic heterocycles. The molecule has 0 aliphatic rings. The van der Waals surface area contributed by atoms with Gasteiger partial charge in [-0.05, 0) is 0 Å². The molecule has 3 heteroatoms. The van der Waals surface area contributed by atoms with Crippen LogP contribution in [0.3, 0.4) is 0 Å². The second kappa shape index (κ2) is 3.36. The Morgan fingerprint density at radius 3 is 2.50 bits per heavy atom. The molecule has 0 amide bonds. The van der Waals surface area contributed by atoms with Gasteiger partial charge in [0.1, 0.15) is 0 Å². The molecule has 0 spiro atoms. The molecular weight excluding hydrogens is 177 g/mol. The Labute approximate surface area is 74.2 Å². The van der Waals surface area contributed by atoms with E-state index in [4.69, 9.17) is 0 Å². The van der Waals surface area contributed by atoms with Gasteiger partial charge in [0.25, 0.3) is 0 Å². The van der Waals surface area contributed by atoms with Gasteiger partial charge in [0.15, 0.2) is 0 Å². The molecule has 1 rings (SSSR count). The predicted octanol–water partition coefficient (Wildman–Crippen LogP) is 0.526. The van der Waals surface area contributed by atoms with E-state index in [0.717, 1.165) is 5.69 Å². The van der Waals surface area contributed by atoms with E-state index in [2.05, 4.69) is 11.2 Å². The summed E-state index contributed by atoms with van der Waals surface area (Å²) in [6.07, 6.45) is 1.80. The molecule has 0 saturated heterocycles. The van der Waals surface area contributed by atoms with Crippen molar-refractivity contribution in [2.75, 3.05) is 0 Å². The smallest absolute Gasteiger partial charge is 0.0262 e. The van der Waals surface area contributed by atoms with Crippen LogP contribution >= 0.6 is 0 Å². The summed E-state index contributed by atoms with van der Waals surface area (Å²) in [6.45, 7) is 1.92. The molecule has 1 aromatic rings. The van der Waals surface area contributed by atoms with E-state index in [0.29, 0.717) is 0 Å². The first-order valence-electron chi connectivity index (χ1n) is 2.17. The van der Waals surface area contributed by atoms with Crippen LogP contribution in [0.2, 0.25) is 0 Å². The van der Waals surface area contributed by atoms with Gasteiger partial charge in [-0.15, -0.1) is 5.69 Å². The normalized spacial score (nSPS) is 8.25. The van der Waals surface area contributed by atoms with Crippen LogP contribution in [0, 0.1) is 13.0 Å². The number of rotatable bonds is 0. The Hall–Kier alpha value is 0.314. The molecule has 0 fully saturated rings. The van der Waals surface area contributed by atoms with E-state index < -0.39 is 0 Å². The minimum atomic E-state index is 0. The van der Waals surface area contributed by atoms with Crippen LogP contribution in [0.1, 0.15) is 5.69 Å². The van der Waals surface area contributed by atoms with Crippen molar-refractivity contribution in [1.29, 1.82) is 0 Å². The van der Waals surface area contributed by atoms with Crippen LogP contribution in [0.15, 0.2) is 6.20 Å². The van der Waals surface area contributed by atoms with Gasteiger partial charge in [-0.3, -0.25) is 0 Å². The fourth-order valence-electron chi connectivity index (χ4n) is 0.481. The molecule has 2 nitrogen and oxygen atoms in total. The topological polar surface area (TPSA) is 17.8 Å².